The Labute approximate surface area is 114 Å². The molecule has 0 aromatic carbocycles. The van der Waals surface area contributed by atoms with E-state index >= 15 is 0 Å². The maximum Gasteiger partial charge on any atom is 0.317 e. The number of amides is 2. The molecule has 0 aromatic rings. The Bertz CT molecular complexity index is 345. The minimum Gasteiger partial charge on any atom is -0.481 e. The van der Waals surface area contributed by atoms with Gasteiger partial charge in [-0.05, 0) is 38.0 Å². The summed E-state index contributed by atoms with van der Waals surface area (Å²) in [6.45, 7) is 3.79. The van der Waals surface area contributed by atoms with Crippen LogP contribution in [0.25, 0.3) is 0 Å². The second-order valence-electron chi connectivity index (χ2n) is 5.91. The highest BCUT2D eigenvalue weighted by Gasteiger charge is 2.40. The van der Waals surface area contributed by atoms with Gasteiger partial charge in [-0.3, -0.25) is 4.79 Å². The van der Waals surface area contributed by atoms with Crippen LogP contribution in [-0.4, -0.2) is 41.6 Å². The summed E-state index contributed by atoms with van der Waals surface area (Å²) < 4.78 is 0. The van der Waals surface area contributed by atoms with Crippen LogP contribution in [0.2, 0.25) is 0 Å². The van der Waals surface area contributed by atoms with E-state index in [0.717, 1.165) is 6.54 Å². The number of aliphatic carboxylic acids is 1. The number of hydrogen-bond acceptors (Lipinski definition) is 2. The zero-order chi connectivity index (χ0) is 13.9. The Hall–Kier alpha value is -1.26. The fourth-order valence-corrected chi connectivity index (χ4v) is 2.90. The highest BCUT2D eigenvalue weighted by molar-refractivity contribution is 5.77. The Balaban J connectivity index is 1.78. The van der Waals surface area contributed by atoms with Crippen LogP contribution >= 0.6 is 0 Å². The van der Waals surface area contributed by atoms with Crippen molar-refractivity contribution in [3.05, 3.63) is 0 Å². The Morgan fingerprint density at radius 1 is 1.32 bits per heavy atom. The summed E-state index contributed by atoms with van der Waals surface area (Å²) >= 11 is 0. The van der Waals surface area contributed by atoms with Gasteiger partial charge in [-0.15, -0.1) is 0 Å². The van der Waals surface area contributed by atoms with E-state index in [9.17, 15) is 14.7 Å². The number of rotatable bonds is 4. The van der Waals surface area contributed by atoms with Crippen LogP contribution in [0.3, 0.4) is 0 Å². The first kappa shape index (κ1) is 14.2. The monoisotopic (exact) mass is 268 g/mol. The van der Waals surface area contributed by atoms with Gasteiger partial charge in [-0.2, -0.15) is 0 Å². The second kappa shape index (κ2) is 5.80. The predicted molar refractivity (Wildman–Crippen MR) is 71.9 cm³/mol. The fraction of sp³-hybridized carbons (Fsp3) is 0.857. The van der Waals surface area contributed by atoms with Crippen molar-refractivity contribution in [2.75, 3.05) is 19.6 Å². The molecule has 1 heterocycles. The molecule has 0 radical (unpaired) electrons. The predicted octanol–water partition coefficient (Wildman–Crippen LogP) is 2.07. The van der Waals surface area contributed by atoms with Crippen molar-refractivity contribution in [1.82, 2.24) is 10.2 Å². The molecule has 0 unspecified atom stereocenters. The van der Waals surface area contributed by atoms with Crippen LogP contribution in [0, 0.1) is 11.3 Å². The lowest BCUT2D eigenvalue weighted by atomic mass is 9.76. The molecule has 1 aliphatic carbocycles. The zero-order valence-electron chi connectivity index (χ0n) is 11.7. The van der Waals surface area contributed by atoms with Gasteiger partial charge in [-0.25, -0.2) is 4.79 Å². The van der Waals surface area contributed by atoms with Crippen molar-refractivity contribution >= 4 is 12.0 Å². The first-order chi connectivity index (χ1) is 9.07. The maximum absolute atomic E-state index is 12.0. The van der Waals surface area contributed by atoms with Crippen LogP contribution in [0.15, 0.2) is 0 Å². The van der Waals surface area contributed by atoms with Gasteiger partial charge in [0.25, 0.3) is 0 Å². The molecule has 2 N–H and O–H groups in total. The Morgan fingerprint density at radius 2 is 1.95 bits per heavy atom. The number of carboxylic acids is 1. The average molecular weight is 268 g/mol. The number of carbonyl (C=O) groups is 2. The van der Waals surface area contributed by atoms with Gasteiger partial charge in [0.05, 0.1) is 5.41 Å². The largest absolute Gasteiger partial charge is 0.481 e. The molecule has 2 fully saturated rings. The Morgan fingerprint density at radius 3 is 2.37 bits per heavy atom. The normalized spacial score (nSPS) is 22.7. The standard InChI is InChI=1S/C14H24N2O3/c1-2-14(12(17)18)6-8-16(9-7-14)13(19)15-10-11-4-3-5-11/h11H,2-10H2,1H3,(H,15,19)(H,17,18). The lowest BCUT2D eigenvalue weighted by Gasteiger charge is -2.38. The molecule has 2 rings (SSSR count). The third kappa shape index (κ3) is 3.01. The number of likely N-dealkylation sites (tertiary alicyclic amines) is 1. The molecule has 0 aromatic heterocycles. The highest BCUT2D eigenvalue weighted by Crippen LogP contribution is 2.35. The molecule has 5 nitrogen and oxygen atoms in total. The Kier molecular flexibility index (Phi) is 4.32. The quantitative estimate of drug-likeness (QED) is 0.820. The number of piperidine rings is 1. The van der Waals surface area contributed by atoms with Gasteiger partial charge in [0.15, 0.2) is 0 Å². The molecule has 5 heteroatoms. The van der Waals surface area contributed by atoms with E-state index in [1.165, 1.54) is 19.3 Å². The molecule has 0 atom stereocenters. The summed E-state index contributed by atoms with van der Waals surface area (Å²) in [7, 11) is 0. The van der Waals surface area contributed by atoms with Gasteiger partial charge in [0, 0.05) is 19.6 Å². The molecule has 2 aliphatic rings. The molecular weight excluding hydrogens is 244 g/mol. The van der Waals surface area contributed by atoms with Crippen LogP contribution in [0.1, 0.15) is 45.4 Å². The van der Waals surface area contributed by atoms with E-state index in [0.29, 0.717) is 38.3 Å². The second-order valence-corrected chi connectivity index (χ2v) is 5.91. The van der Waals surface area contributed by atoms with Gasteiger partial charge >= 0.3 is 12.0 Å². The molecular formula is C14H24N2O3. The van der Waals surface area contributed by atoms with E-state index in [4.69, 9.17) is 0 Å². The lowest BCUT2D eigenvalue weighted by Crippen LogP contribution is -2.50. The number of nitrogens with zero attached hydrogens (tertiary/aromatic N) is 1. The molecule has 1 saturated heterocycles. The smallest absolute Gasteiger partial charge is 0.317 e. The summed E-state index contributed by atoms with van der Waals surface area (Å²) in [5.74, 6) is -0.0629. The van der Waals surface area contributed by atoms with Crippen molar-refractivity contribution in [3.63, 3.8) is 0 Å². The van der Waals surface area contributed by atoms with Crippen molar-refractivity contribution in [2.24, 2.45) is 11.3 Å². The van der Waals surface area contributed by atoms with Crippen LogP contribution in [0.5, 0.6) is 0 Å². The lowest BCUT2D eigenvalue weighted by molar-refractivity contribution is -0.151. The molecule has 0 spiro atoms. The topological polar surface area (TPSA) is 69.6 Å². The maximum atomic E-state index is 12.0. The van der Waals surface area contributed by atoms with Crippen molar-refractivity contribution in [3.8, 4) is 0 Å². The van der Waals surface area contributed by atoms with Crippen molar-refractivity contribution < 1.29 is 14.7 Å². The van der Waals surface area contributed by atoms with Crippen molar-refractivity contribution in [2.45, 2.75) is 45.4 Å². The van der Waals surface area contributed by atoms with E-state index in [1.807, 2.05) is 6.92 Å². The average Bonchev–Trinajstić information content (AvgIpc) is 2.36. The number of nitrogens with one attached hydrogen (secondary N) is 1. The number of urea groups is 1. The van der Waals surface area contributed by atoms with E-state index in [-0.39, 0.29) is 6.03 Å². The van der Waals surface area contributed by atoms with Crippen molar-refractivity contribution in [1.29, 1.82) is 0 Å². The third-order valence-electron chi connectivity index (χ3n) is 4.90. The summed E-state index contributed by atoms with van der Waals surface area (Å²) in [4.78, 5) is 25.1. The molecule has 1 saturated carbocycles. The summed E-state index contributed by atoms with van der Waals surface area (Å²) in [6.07, 6.45) is 5.49. The number of hydrogen-bond donors (Lipinski definition) is 2. The highest BCUT2D eigenvalue weighted by atomic mass is 16.4. The van der Waals surface area contributed by atoms with Crippen LogP contribution in [0.4, 0.5) is 4.79 Å². The molecule has 1 aliphatic heterocycles. The molecule has 108 valence electrons. The molecule has 2 amide bonds. The van der Waals surface area contributed by atoms with Gasteiger partial charge < -0.3 is 15.3 Å². The first-order valence-electron chi connectivity index (χ1n) is 7.33. The van der Waals surface area contributed by atoms with Gasteiger partial charge in [0.2, 0.25) is 0 Å². The zero-order valence-corrected chi connectivity index (χ0v) is 11.7. The van der Waals surface area contributed by atoms with Gasteiger partial charge in [0.1, 0.15) is 0 Å². The number of carbonyl (C=O) groups excluding carboxylic acids is 1. The van der Waals surface area contributed by atoms with Gasteiger partial charge in [-0.1, -0.05) is 13.3 Å². The minimum absolute atomic E-state index is 0.0259. The SMILES string of the molecule is CCC1(C(=O)O)CCN(C(=O)NCC2CCC2)CC1. The van der Waals surface area contributed by atoms with Crippen LogP contribution in [-0.2, 0) is 4.79 Å². The van der Waals surface area contributed by atoms with Crippen LogP contribution < -0.4 is 5.32 Å². The summed E-state index contributed by atoms with van der Waals surface area (Å²) in [6, 6.07) is -0.0259. The number of carboxylic acid groups (broad SMARTS) is 1. The first-order valence-corrected chi connectivity index (χ1v) is 7.33. The summed E-state index contributed by atoms with van der Waals surface area (Å²) in [5.41, 5.74) is -0.620. The third-order valence-corrected chi connectivity index (χ3v) is 4.90. The van der Waals surface area contributed by atoms with E-state index < -0.39 is 11.4 Å². The summed E-state index contributed by atoms with van der Waals surface area (Å²) in [5, 5.41) is 12.3. The van der Waals surface area contributed by atoms with E-state index in [1.54, 1.807) is 4.90 Å². The minimum atomic E-state index is -0.718. The molecule has 0 bridgehead atoms. The van der Waals surface area contributed by atoms with E-state index in [2.05, 4.69) is 5.32 Å². The molecule has 19 heavy (non-hydrogen) atoms. The fourth-order valence-electron chi connectivity index (χ4n) is 2.90.